The van der Waals surface area contributed by atoms with Crippen molar-refractivity contribution in [2.75, 3.05) is 32.1 Å². The van der Waals surface area contributed by atoms with Gasteiger partial charge >= 0.3 is 5.69 Å². The van der Waals surface area contributed by atoms with E-state index in [-0.39, 0.29) is 29.8 Å². The number of piperidine rings is 1. The molecule has 0 atom stereocenters. The first kappa shape index (κ1) is 19.9. The van der Waals surface area contributed by atoms with Crippen LogP contribution in [0.5, 0.6) is 5.75 Å². The van der Waals surface area contributed by atoms with Gasteiger partial charge in [0.25, 0.3) is 0 Å². The SMILES string of the molecule is COc1ccc(C(=O)C2CCN(CC(=O)Nc3ccc4[nH]c(=O)[nH]c4c3)CC2)cc1. The van der Waals surface area contributed by atoms with Gasteiger partial charge in [0.05, 0.1) is 24.7 Å². The maximum atomic E-state index is 12.7. The molecule has 3 N–H and O–H groups in total. The highest BCUT2D eigenvalue weighted by atomic mass is 16.5. The Hall–Kier alpha value is -3.39. The maximum Gasteiger partial charge on any atom is 0.323 e. The molecule has 3 aromatic rings. The number of benzene rings is 2. The van der Waals surface area contributed by atoms with Crippen molar-refractivity contribution < 1.29 is 14.3 Å². The highest BCUT2D eigenvalue weighted by Crippen LogP contribution is 2.23. The van der Waals surface area contributed by atoms with Gasteiger partial charge in [0, 0.05) is 17.2 Å². The lowest BCUT2D eigenvalue weighted by Crippen LogP contribution is -2.40. The van der Waals surface area contributed by atoms with Crippen LogP contribution in [0.1, 0.15) is 23.2 Å². The second-order valence-electron chi connectivity index (χ2n) is 7.53. The molecule has 0 unspecified atom stereocenters. The number of amides is 1. The first-order valence-corrected chi connectivity index (χ1v) is 9.94. The molecule has 30 heavy (non-hydrogen) atoms. The molecule has 1 saturated heterocycles. The van der Waals surface area contributed by atoms with Crippen molar-refractivity contribution >= 4 is 28.4 Å². The number of aromatic nitrogens is 2. The molecule has 1 aromatic heterocycles. The number of carbonyl (C=O) groups excluding carboxylic acids is 2. The molecule has 0 saturated carbocycles. The predicted molar refractivity (Wildman–Crippen MR) is 114 cm³/mol. The van der Waals surface area contributed by atoms with Gasteiger partial charge in [0.2, 0.25) is 5.91 Å². The Bertz CT molecular complexity index is 1110. The number of hydrogen-bond donors (Lipinski definition) is 3. The lowest BCUT2D eigenvalue weighted by Gasteiger charge is -2.30. The largest absolute Gasteiger partial charge is 0.497 e. The molecular weight excluding hydrogens is 384 g/mol. The number of imidazole rings is 1. The summed E-state index contributed by atoms with van der Waals surface area (Å²) >= 11 is 0. The van der Waals surface area contributed by atoms with Gasteiger partial charge in [-0.1, -0.05) is 0 Å². The first-order valence-electron chi connectivity index (χ1n) is 9.94. The summed E-state index contributed by atoms with van der Waals surface area (Å²) in [6, 6.07) is 12.4. The zero-order chi connectivity index (χ0) is 21.1. The Morgan fingerprint density at radius 2 is 1.77 bits per heavy atom. The van der Waals surface area contributed by atoms with Gasteiger partial charge < -0.3 is 20.0 Å². The number of likely N-dealkylation sites (tertiary alicyclic amines) is 1. The standard InChI is InChI=1S/C22H24N4O4/c1-30-17-5-2-14(3-6-17)21(28)15-8-10-26(11-9-15)13-20(27)23-16-4-7-18-19(12-16)25-22(29)24-18/h2-7,12,15H,8-11,13H2,1H3,(H,23,27)(H2,24,25,29). The molecule has 0 aliphatic carbocycles. The van der Waals surface area contributed by atoms with E-state index in [0.29, 0.717) is 35.4 Å². The van der Waals surface area contributed by atoms with Gasteiger partial charge in [0.1, 0.15) is 5.75 Å². The molecule has 4 rings (SSSR count). The van der Waals surface area contributed by atoms with Crippen LogP contribution in [0.15, 0.2) is 47.3 Å². The molecule has 0 bridgehead atoms. The van der Waals surface area contributed by atoms with Crippen molar-refractivity contribution in [1.29, 1.82) is 0 Å². The summed E-state index contributed by atoms with van der Waals surface area (Å²) in [6.07, 6.45) is 1.46. The molecule has 1 fully saturated rings. The maximum absolute atomic E-state index is 12.7. The highest BCUT2D eigenvalue weighted by Gasteiger charge is 2.26. The lowest BCUT2D eigenvalue weighted by atomic mass is 9.89. The predicted octanol–water partition coefficient (Wildman–Crippen LogP) is 2.40. The third-order valence-corrected chi connectivity index (χ3v) is 5.50. The van der Waals surface area contributed by atoms with E-state index in [1.54, 1.807) is 49.6 Å². The molecule has 1 amide bonds. The van der Waals surface area contributed by atoms with Gasteiger partial charge in [0.15, 0.2) is 5.78 Å². The number of rotatable bonds is 6. The number of H-pyrrole nitrogens is 2. The molecule has 156 valence electrons. The summed E-state index contributed by atoms with van der Waals surface area (Å²) in [7, 11) is 1.60. The number of methoxy groups -OCH3 is 1. The smallest absolute Gasteiger partial charge is 0.323 e. The fraction of sp³-hybridized carbons (Fsp3) is 0.318. The monoisotopic (exact) mass is 408 g/mol. The summed E-state index contributed by atoms with van der Waals surface area (Å²) in [6.45, 7) is 1.67. The van der Waals surface area contributed by atoms with Crippen LogP contribution in [0, 0.1) is 5.92 Å². The fourth-order valence-electron chi connectivity index (χ4n) is 3.86. The highest BCUT2D eigenvalue weighted by molar-refractivity contribution is 5.98. The van der Waals surface area contributed by atoms with E-state index in [1.165, 1.54) is 0 Å². The van der Waals surface area contributed by atoms with E-state index in [0.717, 1.165) is 18.6 Å². The average Bonchev–Trinajstić information content (AvgIpc) is 3.13. The van der Waals surface area contributed by atoms with Crippen molar-refractivity contribution in [2.24, 2.45) is 5.92 Å². The summed E-state index contributed by atoms with van der Waals surface area (Å²) in [4.78, 5) is 43.9. The second-order valence-corrected chi connectivity index (χ2v) is 7.53. The van der Waals surface area contributed by atoms with Crippen molar-refractivity contribution in [3.63, 3.8) is 0 Å². The topological polar surface area (TPSA) is 107 Å². The number of ether oxygens (including phenoxy) is 1. The third kappa shape index (κ3) is 4.44. The Morgan fingerprint density at radius 3 is 2.47 bits per heavy atom. The van der Waals surface area contributed by atoms with Gasteiger partial charge in [-0.3, -0.25) is 14.5 Å². The zero-order valence-electron chi connectivity index (χ0n) is 16.7. The van der Waals surface area contributed by atoms with Crippen LogP contribution in [0.4, 0.5) is 5.69 Å². The molecule has 2 aromatic carbocycles. The number of aromatic amines is 2. The minimum absolute atomic E-state index is 0.0227. The van der Waals surface area contributed by atoms with E-state index in [2.05, 4.69) is 20.2 Å². The van der Waals surface area contributed by atoms with Gasteiger partial charge in [-0.2, -0.15) is 0 Å². The van der Waals surface area contributed by atoms with E-state index in [1.807, 2.05) is 0 Å². The van der Waals surface area contributed by atoms with Crippen LogP contribution in [0.25, 0.3) is 11.0 Å². The van der Waals surface area contributed by atoms with Crippen LogP contribution < -0.4 is 15.7 Å². The Labute approximate surface area is 173 Å². The summed E-state index contributed by atoms with van der Waals surface area (Å²) < 4.78 is 5.14. The zero-order valence-corrected chi connectivity index (χ0v) is 16.7. The summed E-state index contributed by atoms with van der Waals surface area (Å²) in [5.74, 6) is 0.739. The van der Waals surface area contributed by atoms with Crippen molar-refractivity contribution in [3.8, 4) is 5.75 Å². The van der Waals surface area contributed by atoms with Crippen LogP contribution >= 0.6 is 0 Å². The molecule has 1 aliphatic rings. The first-order chi connectivity index (χ1) is 14.5. The summed E-state index contributed by atoms with van der Waals surface area (Å²) in [5.41, 5.74) is 2.40. The molecule has 0 spiro atoms. The number of hydrogen-bond acceptors (Lipinski definition) is 5. The number of carbonyl (C=O) groups is 2. The van der Waals surface area contributed by atoms with Crippen LogP contribution in [-0.4, -0.2) is 53.3 Å². The number of anilines is 1. The summed E-state index contributed by atoms with van der Waals surface area (Å²) in [5, 5.41) is 2.87. The Balaban J connectivity index is 1.28. The molecule has 8 heteroatoms. The van der Waals surface area contributed by atoms with E-state index < -0.39 is 0 Å². The van der Waals surface area contributed by atoms with Gasteiger partial charge in [-0.25, -0.2) is 4.79 Å². The van der Waals surface area contributed by atoms with Gasteiger partial charge in [-0.05, 0) is 68.4 Å². The van der Waals surface area contributed by atoms with E-state index >= 15 is 0 Å². The Morgan fingerprint density at radius 1 is 1.07 bits per heavy atom. The molecule has 1 aliphatic heterocycles. The number of nitrogens with zero attached hydrogens (tertiary/aromatic N) is 1. The molecule has 8 nitrogen and oxygen atoms in total. The van der Waals surface area contributed by atoms with Crippen LogP contribution in [-0.2, 0) is 4.79 Å². The quantitative estimate of drug-likeness (QED) is 0.543. The fourth-order valence-corrected chi connectivity index (χ4v) is 3.86. The number of Topliss-reactive ketones (excluding diaryl/α,β-unsaturated/α-hetero) is 1. The molecule has 2 heterocycles. The van der Waals surface area contributed by atoms with E-state index in [9.17, 15) is 14.4 Å². The third-order valence-electron chi connectivity index (χ3n) is 5.50. The number of nitrogens with one attached hydrogen (secondary N) is 3. The minimum Gasteiger partial charge on any atom is -0.497 e. The number of fused-ring (bicyclic) bond motifs is 1. The number of ketones is 1. The normalized spacial score (nSPS) is 15.2. The van der Waals surface area contributed by atoms with Crippen molar-refractivity contribution in [2.45, 2.75) is 12.8 Å². The minimum atomic E-state index is -0.277. The van der Waals surface area contributed by atoms with Crippen LogP contribution in [0.3, 0.4) is 0 Å². The van der Waals surface area contributed by atoms with E-state index in [4.69, 9.17) is 4.74 Å². The Kier molecular flexibility index (Phi) is 5.67. The lowest BCUT2D eigenvalue weighted by molar-refractivity contribution is -0.117. The second kappa shape index (κ2) is 8.54. The average molecular weight is 408 g/mol. The van der Waals surface area contributed by atoms with Crippen molar-refractivity contribution in [3.05, 3.63) is 58.5 Å². The van der Waals surface area contributed by atoms with Crippen LogP contribution in [0.2, 0.25) is 0 Å². The van der Waals surface area contributed by atoms with Crippen molar-refractivity contribution in [1.82, 2.24) is 14.9 Å². The molecule has 0 radical (unpaired) electrons. The van der Waals surface area contributed by atoms with Gasteiger partial charge in [-0.15, -0.1) is 0 Å². The molecular formula is C22H24N4O4.